The van der Waals surface area contributed by atoms with Gasteiger partial charge in [0.2, 0.25) is 0 Å². The van der Waals surface area contributed by atoms with E-state index in [1.807, 2.05) is 32.2 Å². The number of halogens is 1. The molecule has 2 aromatic rings. The molecule has 0 radical (unpaired) electrons. The lowest BCUT2D eigenvalue weighted by molar-refractivity contribution is 0.354. The summed E-state index contributed by atoms with van der Waals surface area (Å²) in [6, 6.07) is 3.89. The minimum Gasteiger partial charge on any atom is -0.491 e. The average Bonchev–Trinajstić information content (AvgIpc) is 3.11. The Labute approximate surface area is 158 Å². The van der Waals surface area contributed by atoms with Crippen molar-refractivity contribution < 1.29 is 9.13 Å². The Morgan fingerprint density at radius 3 is 2.85 bits per heavy atom. The Balaban J connectivity index is 1.76. The maximum absolute atomic E-state index is 15.5. The molecule has 2 aromatic heterocycles. The van der Waals surface area contributed by atoms with Crippen molar-refractivity contribution in [3.05, 3.63) is 41.0 Å². The van der Waals surface area contributed by atoms with E-state index >= 15 is 4.39 Å². The summed E-state index contributed by atoms with van der Waals surface area (Å²) in [6.45, 7) is 2.42. The van der Waals surface area contributed by atoms with Crippen molar-refractivity contribution in [2.24, 2.45) is 5.73 Å². The van der Waals surface area contributed by atoms with Crippen LogP contribution in [0.4, 0.5) is 21.7 Å². The standard InChI is InChI=1S/C20H24FN5O/c1-11-9-14(23-2)10-16(24-11)26-20-18(21)17(12-3-5-13(22)6-4-12)19-15(25-20)7-8-27-19/h3,9-10,13H,4-8,22H2,1-2H3,(H2,23,24,25,26)/t13-/m1/s1. The van der Waals surface area contributed by atoms with Crippen LogP contribution in [0.1, 0.15) is 36.2 Å². The van der Waals surface area contributed by atoms with Crippen LogP contribution in [0, 0.1) is 12.7 Å². The first kappa shape index (κ1) is 17.7. The Bertz CT molecular complexity index is 912. The monoisotopic (exact) mass is 369 g/mol. The van der Waals surface area contributed by atoms with Gasteiger partial charge in [-0.25, -0.2) is 14.4 Å². The number of allylic oxidation sites excluding steroid dienone is 1. The molecule has 1 aliphatic heterocycles. The van der Waals surface area contributed by atoms with Gasteiger partial charge in [-0.3, -0.25) is 0 Å². The van der Waals surface area contributed by atoms with E-state index in [-0.39, 0.29) is 11.9 Å². The first-order chi connectivity index (χ1) is 13.0. The van der Waals surface area contributed by atoms with Crippen molar-refractivity contribution in [2.75, 3.05) is 24.3 Å². The van der Waals surface area contributed by atoms with Crippen molar-refractivity contribution in [1.82, 2.24) is 9.97 Å². The fourth-order valence-electron chi connectivity index (χ4n) is 3.62. The second-order valence-corrected chi connectivity index (χ2v) is 7.04. The van der Waals surface area contributed by atoms with Gasteiger partial charge in [0.15, 0.2) is 17.4 Å². The van der Waals surface area contributed by atoms with E-state index in [4.69, 9.17) is 10.5 Å². The first-order valence-electron chi connectivity index (χ1n) is 9.28. The van der Waals surface area contributed by atoms with Crippen LogP contribution < -0.4 is 21.1 Å². The highest BCUT2D eigenvalue weighted by atomic mass is 19.1. The topological polar surface area (TPSA) is 85.1 Å². The number of nitrogens with two attached hydrogens (primary N) is 1. The SMILES string of the molecule is CNc1cc(C)nc(Nc2nc3c(c(C4=CC[C@@H](N)CC4)c2F)OCC3)c1. The molecular weight excluding hydrogens is 345 g/mol. The predicted octanol–water partition coefficient (Wildman–Crippen LogP) is 3.54. The van der Waals surface area contributed by atoms with Gasteiger partial charge in [0.25, 0.3) is 0 Å². The molecule has 4 N–H and O–H groups in total. The van der Waals surface area contributed by atoms with Gasteiger partial charge in [-0.1, -0.05) is 6.08 Å². The summed E-state index contributed by atoms with van der Waals surface area (Å²) < 4.78 is 21.2. The van der Waals surface area contributed by atoms with E-state index in [9.17, 15) is 0 Å². The number of nitrogens with zero attached hydrogens (tertiary/aromatic N) is 2. The molecule has 0 fully saturated rings. The molecule has 0 spiro atoms. The summed E-state index contributed by atoms with van der Waals surface area (Å²) in [6.07, 6.45) is 5.04. The molecule has 1 atom stereocenters. The molecule has 1 aliphatic carbocycles. The molecule has 6 nitrogen and oxygen atoms in total. The van der Waals surface area contributed by atoms with Crippen LogP contribution in [0.3, 0.4) is 0 Å². The van der Waals surface area contributed by atoms with Crippen molar-refractivity contribution in [2.45, 2.75) is 38.6 Å². The van der Waals surface area contributed by atoms with Crippen molar-refractivity contribution in [3.8, 4) is 5.75 Å². The number of ether oxygens (including phenoxy) is 1. The van der Waals surface area contributed by atoms with Gasteiger partial charge in [-0.2, -0.15) is 0 Å². The molecule has 142 valence electrons. The molecular formula is C20H24FN5O. The molecule has 7 heteroatoms. The lowest BCUT2D eigenvalue weighted by atomic mass is 9.90. The third-order valence-corrected chi connectivity index (χ3v) is 5.01. The van der Waals surface area contributed by atoms with Crippen LogP contribution in [0.15, 0.2) is 18.2 Å². The van der Waals surface area contributed by atoms with Crippen molar-refractivity contribution in [1.29, 1.82) is 0 Å². The quantitative estimate of drug-likeness (QED) is 0.764. The van der Waals surface area contributed by atoms with E-state index in [1.165, 1.54) is 0 Å². The Morgan fingerprint density at radius 1 is 1.26 bits per heavy atom. The largest absolute Gasteiger partial charge is 0.491 e. The fourth-order valence-corrected chi connectivity index (χ4v) is 3.62. The van der Waals surface area contributed by atoms with Crippen LogP contribution in [-0.4, -0.2) is 29.7 Å². The zero-order valence-electron chi connectivity index (χ0n) is 15.6. The van der Waals surface area contributed by atoms with Gasteiger partial charge in [-0.05, 0) is 37.8 Å². The van der Waals surface area contributed by atoms with Gasteiger partial charge in [-0.15, -0.1) is 0 Å². The molecule has 4 rings (SSSR count). The van der Waals surface area contributed by atoms with Crippen LogP contribution >= 0.6 is 0 Å². The summed E-state index contributed by atoms with van der Waals surface area (Å²) >= 11 is 0. The van der Waals surface area contributed by atoms with Crippen LogP contribution in [0.5, 0.6) is 5.75 Å². The van der Waals surface area contributed by atoms with E-state index in [0.29, 0.717) is 30.2 Å². The highest BCUT2D eigenvalue weighted by molar-refractivity contribution is 5.76. The molecule has 27 heavy (non-hydrogen) atoms. The number of aromatic nitrogens is 2. The van der Waals surface area contributed by atoms with Crippen LogP contribution in [-0.2, 0) is 6.42 Å². The maximum atomic E-state index is 15.5. The minimum atomic E-state index is -0.397. The normalized spacial score (nSPS) is 18.5. The molecule has 0 bridgehead atoms. The number of pyridine rings is 2. The lowest BCUT2D eigenvalue weighted by Crippen LogP contribution is -2.21. The van der Waals surface area contributed by atoms with Gasteiger partial charge in [0.05, 0.1) is 17.9 Å². The number of hydrogen-bond donors (Lipinski definition) is 3. The van der Waals surface area contributed by atoms with Crippen LogP contribution in [0.25, 0.3) is 5.57 Å². The number of rotatable bonds is 4. The highest BCUT2D eigenvalue weighted by Crippen LogP contribution is 2.41. The summed E-state index contributed by atoms with van der Waals surface area (Å²) in [5.74, 6) is 0.917. The number of hydrogen-bond acceptors (Lipinski definition) is 6. The van der Waals surface area contributed by atoms with Gasteiger partial charge >= 0.3 is 0 Å². The maximum Gasteiger partial charge on any atom is 0.177 e. The first-order valence-corrected chi connectivity index (χ1v) is 9.28. The second kappa shape index (κ2) is 7.15. The summed E-state index contributed by atoms with van der Waals surface area (Å²) in [5.41, 5.74) is 9.98. The zero-order chi connectivity index (χ0) is 19.0. The molecule has 0 aromatic carbocycles. The van der Waals surface area contributed by atoms with Gasteiger partial charge in [0, 0.05) is 37.0 Å². The Hall–Kier alpha value is -2.67. The molecule has 0 amide bonds. The smallest absolute Gasteiger partial charge is 0.177 e. The number of aryl methyl sites for hydroxylation is 1. The summed E-state index contributed by atoms with van der Waals surface area (Å²) in [4.78, 5) is 8.92. The second-order valence-electron chi connectivity index (χ2n) is 7.04. The summed E-state index contributed by atoms with van der Waals surface area (Å²) in [5, 5.41) is 6.14. The minimum absolute atomic E-state index is 0.140. The van der Waals surface area contributed by atoms with E-state index in [2.05, 4.69) is 20.6 Å². The Kier molecular flexibility index (Phi) is 4.70. The Morgan fingerprint density at radius 2 is 2.11 bits per heavy atom. The third kappa shape index (κ3) is 3.47. The van der Waals surface area contributed by atoms with E-state index in [1.54, 1.807) is 0 Å². The summed E-state index contributed by atoms with van der Waals surface area (Å²) in [7, 11) is 1.84. The van der Waals surface area contributed by atoms with Gasteiger partial charge < -0.3 is 21.1 Å². The third-order valence-electron chi connectivity index (χ3n) is 5.01. The molecule has 3 heterocycles. The van der Waals surface area contributed by atoms with E-state index < -0.39 is 5.82 Å². The highest BCUT2D eigenvalue weighted by Gasteiger charge is 2.28. The average molecular weight is 369 g/mol. The molecule has 0 saturated carbocycles. The van der Waals surface area contributed by atoms with Crippen molar-refractivity contribution in [3.63, 3.8) is 0 Å². The molecule has 0 saturated heterocycles. The fraction of sp³-hybridized carbons (Fsp3) is 0.400. The molecule has 0 unspecified atom stereocenters. The van der Waals surface area contributed by atoms with E-state index in [0.717, 1.165) is 41.9 Å². The zero-order valence-corrected chi connectivity index (χ0v) is 15.6. The van der Waals surface area contributed by atoms with Gasteiger partial charge in [0.1, 0.15) is 5.82 Å². The number of nitrogens with one attached hydrogen (secondary N) is 2. The van der Waals surface area contributed by atoms with Crippen LogP contribution in [0.2, 0.25) is 0 Å². The van der Waals surface area contributed by atoms with Crippen molar-refractivity contribution >= 4 is 22.9 Å². The lowest BCUT2D eigenvalue weighted by Gasteiger charge is -2.21. The predicted molar refractivity (Wildman–Crippen MR) is 105 cm³/mol. The number of anilines is 3. The molecule has 2 aliphatic rings. The number of fused-ring (bicyclic) bond motifs is 1.